The van der Waals surface area contributed by atoms with Crippen molar-refractivity contribution >= 4 is 17.6 Å². The van der Waals surface area contributed by atoms with Crippen LogP contribution < -0.4 is 4.90 Å². The third-order valence-electron chi connectivity index (χ3n) is 5.72. The minimum absolute atomic E-state index is 0.110. The van der Waals surface area contributed by atoms with E-state index < -0.39 is 12.0 Å². The van der Waals surface area contributed by atoms with Crippen LogP contribution in [0.2, 0.25) is 0 Å². The summed E-state index contributed by atoms with van der Waals surface area (Å²) in [7, 11) is 0. The second-order valence-electron chi connectivity index (χ2n) is 7.30. The SMILES string of the molecule is CCN1CCC(CC(=O)N2CCN(c3ccccc3)C(C(=O)O)C2)CC1. The Morgan fingerprint density at radius 2 is 1.77 bits per heavy atom. The van der Waals surface area contributed by atoms with Crippen molar-refractivity contribution in [3.05, 3.63) is 30.3 Å². The zero-order valence-corrected chi connectivity index (χ0v) is 15.5. The van der Waals surface area contributed by atoms with Crippen LogP contribution in [0.25, 0.3) is 0 Å². The molecule has 2 saturated heterocycles. The normalized spacial score (nSPS) is 22.4. The number of amides is 1. The second-order valence-corrected chi connectivity index (χ2v) is 7.30. The molecule has 1 N–H and O–H groups in total. The number of hydrogen-bond acceptors (Lipinski definition) is 4. The van der Waals surface area contributed by atoms with Crippen LogP contribution in [0.15, 0.2) is 30.3 Å². The number of aliphatic carboxylic acids is 1. The van der Waals surface area contributed by atoms with Gasteiger partial charge in [-0.3, -0.25) is 4.79 Å². The van der Waals surface area contributed by atoms with Crippen LogP contribution in [0.1, 0.15) is 26.2 Å². The number of nitrogens with zero attached hydrogens (tertiary/aromatic N) is 3. The van der Waals surface area contributed by atoms with Gasteiger partial charge in [0.1, 0.15) is 6.04 Å². The summed E-state index contributed by atoms with van der Waals surface area (Å²) in [5, 5.41) is 9.66. The molecule has 1 atom stereocenters. The lowest BCUT2D eigenvalue weighted by Crippen LogP contribution is -2.58. The highest BCUT2D eigenvalue weighted by Gasteiger charge is 2.35. The molecule has 2 heterocycles. The maximum atomic E-state index is 12.7. The molecule has 0 aromatic heterocycles. The number of anilines is 1. The molecule has 2 aliphatic rings. The fraction of sp³-hybridized carbons (Fsp3) is 0.600. The fourth-order valence-corrected chi connectivity index (χ4v) is 4.03. The number of para-hydroxylation sites is 1. The number of carbonyl (C=O) groups is 2. The predicted molar refractivity (Wildman–Crippen MR) is 101 cm³/mol. The van der Waals surface area contributed by atoms with E-state index in [9.17, 15) is 14.7 Å². The maximum Gasteiger partial charge on any atom is 0.328 e. The van der Waals surface area contributed by atoms with Gasteiger partial charge >= 0.3 is 5.97 Å². The molecule has 0 spiro atoms. The minimum atomic E-state index is -0.873. The van der Waals surface area contributed by atoms with Gasteiger partial charge in [0, 0.05) is 25.2 Å². The van der Waals surface area contributed by atoms with Crippen molar-refractivity contribution in [2.75, 3.05) is 44.2 Å². The lowest BCUT2D eigenvalue weighted by molar-refractivity contribution is -0.141. The number of benzene rings is 1. The number of carboxylic acid groups (broad SMARTS) is 1. The Kier molecular flexibility index (Phi) is 6.14. The molecule has 0 bridgehead atoms. The van der Waals surface area contributed by atoms with Crippen LogP contribution in [0.4, 0.5) is 5.69 Å². The van der Waals surface area contributed by atoms with Crippen molar-refractivity contribution in [1.82, 2.24) is 9.80 Å². The highest BCUT2D eigenvalue weighted by atomic mass is 16.4. The molecule has 0 saturated carbocycles. The number of piperidine rings is 1. The second kappa shape index (κ2) is 8.54. The first-order chi connectivity index (χ1) is 12.6. The summed E-state index contributed by atoms with van der Waals surface area (Å²) in [6.07, 6.45) is 2.67. The molecule has 2 fully saturated rings. The predicted octanol–water partition coefficient (Wildman–Crippen LogP) is 1.91. The minimum Gasteiger partial charge on any atom is -0.480 e. The van der Waals surface area contributed by atoms with Crippen LogP contribution in [0, 0.1) is 5.92 Å². The number of likely N-dealkylation sites (tertiary alicyclic amines) is 1. The average Bonchev–Trinajstić information content (AvgIpc) is 2.68. The molecule has 3 rings (SSSR count). The van der Waals surface area contributed by atoms with Crippen molar-refractivity contribution in [2.24, 2.45) is 5.92 Å². The van der Waals surface area contributed by atoms with E-state index in [0.717, 1.165) is 38.2 Å². The topological polar surface area (TPSA) is 64.1 Å². The summed E-state index contributed by atoms with van der Waals surface area (Å²) in [6, 6.07) is 8.91. The number of piperazine rings is 1. The average molecular weight is 359 g/mol. The van der Waals surface area contributed by atoms with Gasteiger partial charge in [-0.1, -0.05) is 25.1 Å². The summed E-state index contributed by atoms with van der Waals surface area (Å²) in [5.41, 5.74) is 0.902. The Labute approximate surface area is 155 Å². The molecular weight excluding hydrogens is 330 g/mol. The maximum absolute atomic E-state index is 12.7. The van der Waals surface area contributed by atoms with Gasteiger partial charge in [-0.15, -0.1) is 0 Å². The Morgan fingerprint density at radius 3 is 2.38 bits per heavy atom. The lowest BCUT2D eigenvalue weighted by atomic mass is 9.92. The lowest BCUT2D eigenvalue weighted by Gasteiger charge is -2.41. The molecular formula is C20H29N3O3. The standard InChI is InChI=1S/C20H29N3O3/c1-2-21-10-8-16(9-11-21)14-19(24)22-12-13-23(18(15-22)20(25)26)17-6-4-3-5-7-17/h3-7,16,18H,2,8-15H2,1H3,(H,25,26). The number of rotatable bonds is 5. The first-order valence-electron chi connectivity index (χ1n) is 9.63. The first kappa shape index (κ1) is 18.7. The van der Waals surface area contributed by atoms with Gasteiger partial charge < -0.3 is 19.8 Å². The smallest absolute Gasteiger partial charge is 0.328 e. The van der Waals surface area contributed by atoms with E-state index in [1.165, 1.54) is 0 Å². The highest BCUT2D eigenvalue weighted by Crippen LogP contribution is 2.24. The fourth-order valence-electron chi connectivity index (χ4n) is 4.03. The van der Waals surface area contributed by atoms with E-state index in [4.69, 9.17) is 0 Å². The van der Waals surface area contributed by atoms with E-state index >= 15 is 0 Å². The Morgan fingerprint density at radius 1 is 1.08 bits per heavy atom. The Hall–Kier alpha value is -2.08. The third-order valence-corrected chi connectivity index (χ3v) is 5.72. The molecule has 0 radical (unpaired) electrons. The molecule has 1 aromatic carbocycles. The van der Waals surface area contributed by atoms with Crippen molar-refractivity contribution in [3.63, 3.8) is 0 Å². The first-order valence-corrected chi connectivity index (χ1v) is 9.63. The molecule has 1 unspecified atom stereocenters. The van der Waals surface area contributed by atoms with Crippen molar-refractivity contribution in [2.45, 2.75) is 32.2 Å². The number of carbonyl (C=O) groups excluding carboxylic acids is 1. The Bertz CT molecular complexity index is 614. The van der Waals surface area contributed by atoms with Crippen LogP contribution in [0.5, 0.6) is 0 Å². The zero-order chi connectivity index (χ0) is 18.5. The highest BCUT2D eigenvalue weighted by molar-refractivity contribution is 5.82. The van der Waals surface area contributed by atoms with E-state index in [1.54, 1.807) is 4.90 Å². The molecule has 2 aliphatic heterocycles. The largest absolute Gasteiger partial charge is 0.480 e. The van der Waals surface area contributed by atoms with Crippen LogP contribution in [0.3, 0.4) is 0 Å². The molecule has 26 heavy (non-hydrogen) atoms. The summed E-state index contributed by atoms with van der Waals surface area (Å²) in [6.45, 7) is 6.78. The van der Waals surface area contributed by atoms with Gasteiger partial charge in [-0.25, -0.2) is 4.79 Å². The van der Waals surface area contributed by atoms with E-state index in [1.807, 2.05) is 35.2 Å². The summed E-state index contributed by atoms with van der Waals surface area (Å²) < 4.78 is 0. The molecule has 0 aliphatic carbocycles. The molecule has 6 heteroatoms. The van der Waals surface area contributed by atoms with Crippen molar-refractivity contribution < 1.29 is 14.7 Å². The van der Waals surface area contributed by atoms with E-state index in [0.29, 0.717) is 25.4 Å². The third kappa shape index (κ3) is 4.36. The van der Waals surface area contributed by atoms with E-state index in [2.05, 4.69) is 11.8 Å². The quantitative estimate of drug-likeness (QED) is 0.870. The van der Waals surface area contributed by atoms with Gasteiger partial charge in [0.05, 0.1) is 6.54 Å². The molecule has 142 valence electrons. The van der Waals surface area contributed by atoms with Gasteiger partial charge in [0.15, 0.2) is 0 Å². The summed E-state index contributed by atoms with van der Waals surface area (Å²) >= 11 is 0. The van der Waals surface area contributed by atoms with Gasteiger partial charge in [0.25, 0.3) is 0 Å². The van der Waals surface area contributed by atoms with Gasteiger partial charge in [0.2, 0.25) is 5.91 Å². The summed E-state index contributed by atoms with van der Waals surface area (Å²) in [5.74, 6) is -0.331. The van der Waals surface area contributed by atoms with Crippen LogP contribution >= 0.6 is 0 Å². The van der Waals surface area contributed by atoms with Crippen LogP contribution in [-0.4, -0.2) is 72.1 Å². The van der Waals surface area contributed by atoms with Crippen molar-refractivity contribution in [3.8, 4) is 0 Å². The van der Waals surface area contributed by atoms with Gasteiger partial charge in [-0.05, 0) is 50.5 Å². The van der Waals surface area contributed by atoms with E-state index in [-0.39, 0.29) is 12.5 Å². The van der Waals surface area contributed by atoms with Crippen molar-refractivity contribution in [1.29, 1.82) is 0 Å². The number of hydrogen-bond donors (Lipinski definition) is 1. The Balaban J connectivity index is 1.58. The van der Waals surface area contributed by atoms with Crippen LogP contribution in [-0.2, 0) is 9.59 Å². The summed E-state index contributed by atoms with van der Waals surface area (Å²) in [4.78, 5) is 30.6. The zero-order valence-electron chi connectivity index (χ0n) is 15.5. The number of carboxylic acids is 1. The molecule has 1 amide bonds. The molecule has 6 nitrogen and oxygen atoms in total. The monoisotopic (exact) mass is 359 g/mol. The van der Waals surface area contributed by atoms with Gasteiger partial charge in [-0.2, -0.15) is 0 Å². The molecule has 1 aromatic rings.